The fraction of sp³-hybridized carbons (Fsp3) is 0.333. The van der Waals surface area contributed by atoms with Crippen molar-refractivity contribution in [2.24, 2.45) is 0 Å². The summed E-state index contributed by atoms with van der Waals surface area (Å²) in [4.78, 5) is 3.96. The van der Waals surface area contributed by atoms with Crippen LogP contribution >= 0.6 is 15.9 Å². The molecule has 2 aromatic rings. The Bertz CT molecular complexity index is 543. The van der Waals surface area contributed by atoms with E-state index < -0.39 is 0 Å². The van der Waals surface area contributed by atoms with Gasteiger partial charge < -0.3 is 14.6 Å². The third-order valence-corrected chi connectivity index (χ3v) is 3.29. The van der Waals surface area contributed by atoms with Crippen molar-refractivity contribution in [3.05, 3.63) is 40.0 Å². The maximum absolute atomic E-state index is 5.66. The van der Waals surface area contributed by atoms with Gasteiger partial charge in [0.2, 0.25) is 6.39 Å². The summed E-state index contributed by atoms with van der Waals surface area (Å²) in [5.41, 5.74) is 2.42. The van der Waals surface area contributed by atoms with Crippen LogP contribution < -0.4 is 10.1 Å². The molecule has 1 aliphatic rings. The van der Waals surface area contributed by atoms with Gasteiger partial charge in [-0.2, -0.15) is 4.98 Å². The average molecular weight is 310 g/mol. The highest BCUT2D eigenvalue weighted by molar-refractivity contribution is 9.10. The lowest BCUT2D eigenvalue weighted by atomic mass is 10.1. The predicted octanol–water partition coefficient (Wildman–Crippen LogP) is 2.06. The molecule has 0 radical (unpaired) electrons. The van der Waals surface area contributed by atoms with Crippen molar-refractivity contribution in [3.63, 3.8) is 0 Å². The van der Waals surface area contributed by atoms with Crippen molar-refractivity contribution in [1.82, 2.24) is 15.5 Å². The second-order valence-corrected chi connectivity index (χ2v) is 5.02. The molecule has 5 nitrogen and oxygen atoms in total. The van der Waals surface area contributed by atoms with Crippen molar-refractivity contribution in [2.75, 3.05) is 6.61 Å². The van der Waals surface area contributed by atoms with Crippen LogP contribution in [0.3, 0.4) is 0 Å². The maximum Gasteiger partial charge on any atom is 0.213 e. The average Bonchev–Trinajstić information content (AvgIpc) is 2.98. The van der Waals surface area contributed by atoms with E-state index in [1.54, 1.807) is 0 Å². The molecule has 18 heavy (non-hydrogen) atoms. The molecule has 1 N–H and O–H groups in total. The van der Waals surface area contributed by atoms with Crippen LogP contribution in [-0.2, 0) is 19.5 Å². The highest BCUT2D eigenvalue weighted by atomic mass is 79.9. The molecule has 0 amide bonds. The zero-order valence-electron chi connectivity index (χ0n) is 9.65. The van der Waals surface area contributed by atoms with Crippen LogP contribution in [0.5, 0.6) is 5.75 Å². The normalized spacial score (nSPS) is 13.4. The Kier molecular flexibility index (Phi) is 3.29. The Balaban J connectivity index is 1.69. The van der Waals surface area contributed by atoms with Gasteiger partial charge in [0.15, 0.2) is 5.82 Å². The maximum atomic E-state index is 5.66. The van der Waals surface area contributed by atoms with Gasteiger partial charge in [-0.05, 0) is 17.7 Å². The summed E-state index contributed by atoms with van der Waals surface area (Å²) in [7, 11) is 0. The van der Waals surface area contributed by atoms with E-state index in [0.29, 0.717) is 12.4 Å². The van der Waals surface area contributed by atoms with Gasteiger partial charge in [-0.1, -0.05) is 21.1 Å². The molecule has 0 saturated carbocycles. The monoisotopic (exact) mass is 309 g/mol. The Morgan fingerprint density at radius 1 is 1.33 bits per heavy atom. The van der Waals surface area contributed by atoms with Gasteiger partial charge in [0.25, 0.3) is 0 Å². The summed E-state index contributed by atoms with van der Waals surface area (Å²) < 4.78 is 11.4. The number of rotatable bonds is 4. The van der Waals surface area contributed by atoms with Gasteiger partial charge >= 0.3 is 0 Å². The fourth-order valence-electron chi connectivity index (χ4n) is 2.06. The lowest BCUT2D eigenvalue weighted by Gasteiger charge is -2.09. The number of hydrogen-bond acceptors (Lipinski definition) is 5. The molecule has 0 unspecified atom stereocenters. The lowest BCUT2D eigenvalue weighted by molar-refractivity contribution is 0.352. The van der Waals surface area contributed by atoms with E-state index in [2.05, 4.69) is 48.0 Å². The summed E-state index contributed by atoms with van der Waals surface area (Å²) in [5.74, 6) is 1.67. The van der Waals surface area contributed by atoms with E-state index in [1.165, 1.54) is 12.0 Å². The highest BCUT2D eigenvalue weighted by Crippen LogP contribution is 2.32. The van der Waals surface area contributed by atoms with Crippen LogP contribution in [0.4, 0.5) is 0 Å². The summed E-state index contributed by atoms with van der Waals surface area (Å²) in [6.07, 6.45) is 2.31. The number of hydrogen-bond donors (Lipinski definition) is 1. The molecule has 1 aromatic carbocycles. The first-order chi connectivity index (χ1) is 8.83. The van der Waals surface area contributed by atoms with E-state index >= 15 is 0 Å². The minimum atomic E-state index is 0.581. The topological polar surface area (TPSA) is 60.2 Å². The number of aromatic nitrogens is 2. The molecule has 0 fully saturated rings. The summed E-state index contributed by atoms with van der Waals surface area (Å²) in [5, 5.41) is 7.02. The van der Waals surface area contributed by atoms with Gasteiger partial charge in [0, 0.05) is 23.0 Å². The fourth-order valence-corrected chi connectivity index (χ4v) is 2.61. The number of fused-ring (bicyclic) bond motifs is 1. The number of benzene rings is 1. The summed E-state index contributed by atoms with van der Waals surface area (Å²) in [6, 6.07) is 4.19. The number of nitrogens with one attached hydrogen (secondary N) is 1. The Morgan fingerprint density at radius 3 is 3.11 bits per heavy atom. The number of nitrogens with zero attached hydrogens (tertiary/aromatic N) is 2. The molecule has 1 aromatic heterocycles. The third kappa shape index (κ3) is 2.39. The number of ether oxygens (including phenoxy) is 1. The van der Waals surface area contributed by atoms with E-state index in [0.717, 1.165) is 35.4 Å². The number of halogens is 1. The summed E-state index contributed by atoms with van der Waals surface area (Å²) >= 11 is 3.52. The third-order valence-electron chi connectivity index (χ3n) is 2.83. The zero-order valence-corrected chi connectivity index (χ0v) is 11.2. The van der Waals surface area contributed by atoms with Crippen molar-refractivity contribution in [3.8, 4) is 5.75 Å². The van der Waals surface area contributed by atoms with Crippen LogP contribution in [0.25, 0.3) is 0 Å². The molecule has 94 valence electrons. The molecule has 1 aliphatic heterocycles. The van der Waals surface area contributed by atoms with E-state index in [9.17, 15) is 0 Å². The van der Waals surface area contributed by atoms with Crippen LogP contribution in [0.15, 0.2) is 27.5 Å². The lowest BCUT2D eigenvalue weighted by Crippen LogP contribution is -2.14. The Labute approximate surface area is 113 Å². The van der Waals surface area contributed by atoms with Gasteiger partial charge in [-0.3, -0.25) is 0 Å². The molecule has 0 bridgehead atoms. The predicted molar refractivity (Wildman–Crippen MR) is 68.2 cm³/mol. The van der Waals surface area contributed by atoms with Crippen molar-refractivity contribution >= 4 is 15.9 Å². The van der Waals surface area contributed by atoms with Gasteiger partial charge in [-0.25, -0.2) is 0 Å². The Hall–Kier alpha value is -1.40. The smallest absolute Gasteiger partial charge is 0.213 e. The molecule has 2 heterocycles. The molecule has 0 atom stereocenters. The largest absolute Gasteiger partial charge is 0.493 e. The van der Waals surface area contributed by atoms with Crippen LogP contribution in [0, 0.1) is 0 Å². The second kappa shape index (κ2) is 5.07. The molecule has 3 rings (SSSR count). The van der Waals surface area contributed by atoms with Gasteiger partial charge in [0.05, 0.1) is 13.2 Å². The molecule has 6 heteroatoms. The van der Waals surface area contributed by atoms with Crippen molar-refractivity contribution in [1.29, 1.82) is 0 Å². The standard InChI is InChI=1S/C12H12BrN3O2/c13-10-3-8-1-2-17-12(8)9(4-10)5-14-6-11-15-7-18-16-11/h3-4,7,14H,1-2,5-6H2. The molecular weight excluding hydrogens is 298 g/mol. The molecule has 0 saturated heterocycles. The highest BCUT2D eigenvalue weighted by Gasteiger charge is 2.17. The van der Waals surface area contributed by atoms with Crippen LogP contribution in [0.1, 0.15) is 17.0 Å². The second-order valence-electron chi connectivity index (χ2n) is 4.10. The minimum Gasteiger partial charge on any atom is -0.493 e. The van der Waals surface area contributed by atoms with Crippen LogP contribution in [-0.4, -0.2) is 16.7 Å². The van der Waals surface area contributed by atoms with Gasteiger partial charge in [-0.15, -0.1) is 0 Å². The first-order valence-corrected chi connectivity index (χ1v) is 6.52. The van der Waals surface area contributed by atoms with E-state index in [-0.39, 0.29) is 0 Å². The molecule has 0 spiro atoms. The molecular formula is C12H12BrN3O2. The quantitative estimate of drug-likeness (QED) is 0.936. The first kappa shape index (κ1) is 11.7. The SMILES string of the molecule is Brc1cc2c(c(CNCc3ncon3)c1)OCC2. The van der Waals surface area contributed by atoms with Crippen molar-refractivity contribution < 1.29 is 9.26 Å². The first-order valence-electron chi connectivity index (χ1n) is 5.73. The van der Waals surface area contributed by atoms with Crippen LogP contribution in [0.2, 0.25) is 0 Å². The Morgan fingerprint density at radius 2 is 2.28 bits per heavy atom. The molecule has 0 aliphatic carbocycles. The zero-order chi connectivity index (χ0) is 12.4. The van der Waals surface area contributed by atoms with E-state index in [4.69, 9.17) is 4.74 Å². The van der Waals surface area contributed by atoms with E-state index in [1.807, 2.05) is 0 Å². The minimum absolute atomic E-state index is 0.581. The summed E-state index contributed by atoms with van der Waals surface area (Å²) in [6.45, 7) is 2.07. The van der Waals surface area contributed by atoms with Crippen molar-refractivity contribution in [2.45, 2.75) is 19.5 Å². The van der Waals surface area contributed by atoms with Gasteiger partial charge in [0.1, 0.15) is 5.75 Å².